The molecular formula is C14H21NO4S. The average molecular weight is 299 g/mol. The molecule has 1 N–H and O–H groups in total. The molecule has 3 unspecified atom stereocenters. The van der Waals surface area contributed by atoms with Gasteiger partial charge in [-0.2, -0.15) is 0 Å². The van der Waals surface area contributed by atoms with E-state index in [1.54, 1.807) is 24.3 Å². The van der Waals surface area contributed by atoms with Crippen LogP contribution < -0.4 is 10.1 Å². The highest BCUT2D eigenvalue weighted by atomic mass is 32.2. The number of sulfone groups is 1. The highest BCUT2D eigenvalue weighted by Gasteiger charge is 2.42. The van der Waals surface area contributed by atoms with Gasteiger partial charge in [0.1, 0.15) is 18.0 Å². The molecule has 20 heavy (non-hydrogen) atoms. The zero-order valence-corrected chi connectivity index (χ0v) is 12.8. The molecule has 1 aromatic carbocycles. The topological polar surface area (TPSA) is 64.6 Å². The maximum atomic E-state index is 11.4. The third-order valence-electron chi connectivity index (χ3n) is 3.52. The van der Waals surface area contributed by atoms with Crippen molar-refractivity contribution in [1.29, 1.82) is 0 Å². The van der Waals surface area contributed by atoms with Crippen LogP contribution in [0.2, 0.25) is 0 Å². The molecule has 0 spiro atoms. The monoisotopic (exact) mass is 299 g/mol. The SMILES string of the molecule is CCOC1C(NC)CC1Oc1ccc(S(C)(=O)=O)cc1. The van der Waals surface area contributed by atoms with E-state index in [2.05, 4.69) is 5.32 Å². The molecular weight excluding hydrogens is 278 g/mol. The van der Waals surface area contributed by atoms with E-state index in [4.69, 9.17) is 9.47 Å². The molecule has 1 fully saturated rings. The third-order valence-corrected chi connectivity index (χ3v) is 4.65. The van der Waals surface area contributed by atoms with Gasteiger partial charge < -0.3 is 14.8 Å². The molecule has 1 aromatic rings. The summed E-state index contributed by atoms with van der Waals surface area (Å²) in [5, 5.41) is 3.20. The molecule has 0 bridgehead atoms. The van der Waals surface area contributed by atoms with Crippen molar-refractivity contribution in [3.05, 3.63) is 24.3 Å². The Kier molecular flexibility index (Phi) is 4.67. The van der Waals surface area contributed by atoms with E-state index in [0.717, 1.165) is 6.42 Å². The van der Waals surface area contributed by atoms with Gasteiger partial charge in [0.25, 0.3) is 0 Å². The number of benzene rings is 1. The van der Waals surface area contributed by atoms with Crippen molar-refractivity contribution in [3.8, 4) is 5.75 Å². The number of nitrogens with one attached hydrogen (secondary N) is 1. The summed E-state index contributed by atoms with van der Waals surface area (Å²) in [5.74, 6) is 0.668. The summed E-state index contributed by atoms with van der Waals surface area (Å²) in [7, 11) is -1.25. The summed E-state index contributed by atoms with van der Waals surface area (Å²) in [5.41, 5.74) is 0. The summed E-state index contributed by atoms with van der Waals surface area (Å²) >= 11 is 0. The first-order valence-corrected chi connectivity index (χ1v) is 8.60. The van der Waals surface area contributed by atoms with Crippen LogP contribution in [0.5, 0.6) is 5.75 Å². The molecule has 0 heterocycles. The van der Waals surface area contributed by atoms with Crippen molar-refractivity contribution in [1.82, 2.24) is 5.32 Å². The van der Waals surface area contributed by atoms with Crippen LogP contribution in [0, 0.1) is 0 Å². The van der Waals surface area contributed by atoms with Crippen molar-refractivity contribution in [2.45, 2.75) is 36.5 Å². The Hall–Kier alpha value is -1.11. The Labute approximate surface area is 120 Å². The molecule has 0 radical (unpaired) electrons. The van der Waals surface area contributed by atoms with Gasteiger partial charge in [-0.25, -0.2) is 8.42 Å². The van der Waals surface area contributed by atoms with Crippen molar-refractivity contribution < 1.29 is 17.9 Å². The molecule has 1 saturated carbocycles. The van der Waals surface area contributed by atoms with Gasteiger partial charge in [0.2, 0.25) is 0 Å². The second kappa shape index (κ2) is 6.11. The highest BCUT2D eigenvalue weighted by Crippen LogP contribution is 2.29. The van der Waals surface area contributed by atoms with Gasteiger partial charge >= 0.3 is 0 Å². The Morgan fingerprint density at radius 1 is 1.30 bits per heavy atom. The van der Waals surface area contributed by atoms with Crippen LogP contribution in [0.25, 0.3) is 0 Å². The lowest BCUT2D eigenvalue weighted by atomic mass is 9.85. The van der Waals surface area contributed by atoms with Crippen LogP contribution in [0.4, 0.5) is 0 Å². The van der Waals surface area contributed by atoms with Crippen molar-refractivity contribution in [2.24, 2.45) is 0 Å². The zero-order chi connectivity index (χ0) is 14.8. The molecule has 0 amide bonds. The fourth-order valence-corrected chi connectivity index (χ4v) is 2.97. The molecule has 0 aromatic heterocycles. The van der Waals surface area contributed by atoms with Crippen LogP contribution in [0.15, 0.2) is 29.2 Å². The minimum Gasteiger partial charge on any atom is -0.488 e. The quantitative estimate of drug-likeness (QED) is 0.856. The van der Waals surface area contributed by atoms with Gasteiger partial charge in [-0.3, -0.25) is 0 Å². The van der Waals surface area contributed by atoms with E-state index < -0.39 is 9.84 Å². The average Bonchev–Trinajstić information content (AvgIpc) is 2.40. The molecule has 6 heteroatoms. The maximum Gasteiger partial charge on any atom is 0.175 e. The normalized spacial score (nSPS) is 26.1. The fourth-order valence-electron chi connectivity index (χ4n) is 2.34. The number of hydrogen-bond acceptors (Lipinski definition) is 5. The van der Waals surface area contributed by atoms with Crippen molar-refractivity contribution >= 4 is 9.84 Å². The molecule has 2 rings (SSSR count). The Morgan fingerprint density at radius 3 is 2.45 bits per heavy atom. The Balaban J connectivity index is 2.00. The molecule has 5 nitrogen and oxygen atoms in total. The molecule has 0 aliphatic heterocycles. The van der Waals surface area contributed by atoms with E-state index in [-0.39, 0.29) is 12.2 Å². The minimum absolute atomic E-state index is 0.0106. The summed E-state index contributed by atoms with van der Waals surface area (Å²) in [6.45, 7) is 2.61. The van der Waals surface area contributed by atoms with Crippen molar-refractivity contribution in [3.63, 3.8) is 0 Å². The van der Waals surface area contributed by atoms with Gasteiger partial charge in [0, 0.05) is 25.3 Å². The minimum atomic E-state index is -3.16. The predicted octanol–water partition coefficient (Wildman–Crippen LogP) is 1.23. The van der Waals surface area contributed by atoms with Crippen LogP contribution in [-0.4, -0.2) is 46.6 Å². The predicted molar refractivity (Wildman–Crippen MR) is 76.8 cm³/mol. The van der Waals surface area contributed by atoms with Crippen molar-refractivity contribution in [2.75, 3.05) is 19.9 Å². The first kappa shape index (κ1) is 15.3. The second-order valence-electron chi connectivity index (χ2n) is 4.95. The first-order valence-electron chi connectivity index (χ1n) is 6.71. The van der Waals surface area contributed by atoms with Gasteiger partial charge in [-0.05, 0) is 38.2 Å². The standard InChI is InChI=1S/C14H21NO4S/c1-4-18-14-12(15-2)9-13(14)19-10-5-7-11(8-6-10)20(3,16)17/h5-8,12-15H,4,9H2,1-3H3. The lowest BCUT2D eigenvalue weighted by molar-refractivity contribution is -0.103. The second-order valence-corrected chi connectivity index (χ2v) is 6.97. The maximum absolute atomic E-state index is 11.4. The Bertz CT molecular complexity index is 541. The molecule has 112 valence electrons. The molecule has 0 saturated heterocycles. The lowest BCUT2D eigenvalue weighted by Gasteiger charge is -2.43. The smallest absolute Gasteiger partial charge is 0.175 e. The van der Waals surface area contributed by atoms with Gasteiger partial charge in [0.15, 0.2) is 9.84 Å². The van der Waals surface area contributed by atoms with Crippen LogP contribution in [-0.2, 0) is 14.6 Å². The molecule has 1 aliphatic carbocycles. The van der Waals surface area contributed by atoms with Crippen LogP contribution >= 0.6 is 0 Å². The Morgan fingerprint density at radius 2 is 1.95 bits per heavy atom. The summed E-state index contributed by atoms with van der Waals surface area (Å²) in [6.07, 6.45) is 2.13. The van der Waals surface area contributed by atoms with Crippen LogP contribution in [0.3, 0.4) is 0 Å². The third kappa shape index (κ3) is 3.31. The highest BCUT2D eigenvalue weighted by molar-refractivity contribution is 7.90. The summed E-state index contributed by atoms with van der Waals surface area (Å²) in [4.78, 5) is 0.299. The number of ether oxygens (including phenoxy) is 2. The molecule has 1 aliphatic rings. The fraction of sp³-hybridized carbons (Fsp3) is 0.571. The molecule has 3 atom stereocenters. The number of likely N-dealkylation sites (N-methyl/N-ethyl adjacent to an activating group) is 1. The van der Waals surface area contributed by atoms with E-state index in [0.29, 0.717) is 23.3 Å². The summed E-state index contributed by atoms with van der Waals surface area (Å²) in [6, 6.07) is 6.82. The summed E-state index contributed by atoms with van der Waals surface area (Å²) < 4.78 is 34.3. The largest absolute Gasteiger partial charge is 0.488 e. The van der Waals surface area contributed by atoms with Gasteiger partial charge in [-0.15, -0.1) is 0 Å². The zero-order valence-electron chi connectivity index (χ0n) is 12.0. The van der Waals surface area contributed by atoms with E-state index in [9.17, 15) is 8.42 Å². The van der Waals surface area contributed by atoms with E-state index in [1.165, 1.54) is 6.26 Å². The van der Waals surface area contributed by atoms with Gasteiger partial charge in [-0.1, -0.05) is 0 Å². The number of rotatable bonds is 6. The van der Waals surface area contributed by atoms with Crippen LogP contribution in [0.1, 0.15) is 13.3 Å². The van der Waals surface area contributed by atoms with E-state index in [1.807, 2.05) is 14.0 Å². The number of hydrogen-bond donors (Lipinski definition) is 1. The van der Waals surface area contributed by atoms with E-state index >= 15 is 0 Å². The first-order chi connectivity index (χ1) is 9.45. The lowest BCUT2D eigenvalue weighted by Crippen LogP contribution is -2.60. The van der Waals surface area contributed by atoms with Gasteiger partial charge in [0.05, 0.1) is 4.90 Å².